The van der Waals surface area contributed by atoms with E-state index in [1.54, 1.807) is 26.1 Å². The highest BCUT2D eigenvalue weighted by Crippen LogP contribution is 2.17. The van der Waals surface area contributed by atoms with Gasteiger partial charge in [-0.1, -0.05) is 18.2 Å². The van der Waals surface area contributed by atoms with E-state index in [1.165, 1.54) is 29.0 Å². The van der Waals surface area contributed by atoms with Crippen molar-refractivity contribution < 1.29 is 24.2 Å². The number of esters is 1. The third kappa shape index (κ3) is 2.90. The molecule has 1 aromatic carbocycles. The van der Waals surface area contributed by atoms with Crippen LogP contribution in [0, 0.1) is 0 Å². The summed E-state index contributed by atoms with van der Waals surface area (Å²) in [7, 11) is 1.62. The van der Waals surface area contributed by atoms with Crippen molar-refractivity contribution in [1.82, 2.24) is 4.57 Å². The Balaban J connectivity index is 2.41. The largest absolute Gasteiger partial charge is 0.478 e. The van der Waals surface area contributed by atoms with E-state index < -0.39 is 17.7 Å². The minimum Gasteiger partial charge on any atom is -0.478 e. The first-order valence-corrected chi connectivity index (χ1v) is 6.66. The van der Waals surface area contributed by atoms with E-state index in [4.69, 9.17) is 9.84 Å². The molecule has 114 valence electrons. The van der Waals surface area contributed by atoms with E-state index in [9.17, 15) is 14.4 Å². The number of aromatic carboxylic acids is 1. The topological polar surface area (TPSA) is 85.6 Å². The van der Waals surface area contributed by atoms with Gasteiger partial charge >= 0.3 is 11.9 Å². The van der Waals surface area contributed by atoms with Crippen LogP contribution >= 0.6 is 0 Å². The van der Waals surface area contributed by atoms with Crippen LogP contribution in [0.5, 0.6) is 0 Å². The average Bonchev–Trinajstić information content (AvgIpc) is 2.88. The van der Waals surface area contributed by atoms with Gasteiger partial charge in [-0.05, 0) is 19.1 Å². The molecule has 2 aromatic rings. The molecule has 0 aliphatic carbocycles. The Morgan fingerprint density at radius 3 is 2.41 bits per heavy atom. The summed E-state index contributed by atoms with van der Waals surface area (Å²) in [5.41, 5.74) is 0.474. The minimum atomic E-state index is -1.18. The third-order valence-corrected chi connectivity index (χ3v) is 3.15. The predicted octanol–water partition coefficient (Wildman–Crippen LogP) is 2.13. The van der Waals surface area contributed by atoms with Crippen molar-refractivity contribution in [3.8, 4) is 0 Å². The van der Waals surface area contributed by atoms with Gasteiger partial charge < -0.3 is 14.4 Å². The number of ketones is 1. The predicted molar refractivity (Wildman–Crippen MR) is 78.2 cm³/mol. The van der Waals surface area contributed by atoms with Gasteiger partial charge in [0.25, 0.3) is 0 Å². The number of rotatable bonds is 5. The van der Waals surface area contributed by atoms with E-state index >= 15 is 0 Å². The van der Waals surface area contributed by atoms with E-state index in [0.717, 1.165) is 0 Å². The molecule has 0 saturated heterocycles. The molecular weight excluding hydrogens is 286 g/mol. The maximum absolute atomic E-state index is 12.5. The zero-order valence-electron chi connectivity index (χ0n) is 12.2. The summed E-state index contributed by atoms with van der Waals surface area (Å²) >= 11 is 0. The van der Waals surface area contributed by atoms with Crippen LogP contribution in [0.1, 0.15) is 43.7 Å². The minimum absolute atomic E-state index is 0.0750. The number of benzene rings is 1. The number of carbonyl (C=O) groups excluding carboxylic acids is 2. The first-order chi connectivity index (χ1) is 10.5. The molecular formula is C16H15NO5. The van der Waals surface area contributed by atoms with Gasteiger partial charge in [-0.2, -0.15) is 0 Å². The fraction of sp³-hybridized carbons (Fsp3) is 0.188. The number of carboxylic acid groups (broad SMARTS) is 1. The third-order valence-electron chi connectivity index (χ3n) is 3.15. The number of ether oxygens (including phenoxy) is 1. The molecule has 2 rings (SSSR count). The van der Waals surface area contributed by atoms with Crippen LogP contribution in [0.3, 0.4) is 0 Å². The number of nitrogens with zero attached hydrogens (tertiary/aromatic N) is 1. The van der Waals surface area contributed by atoms with Crippen LogP contribution < -0.4 is 0 Å². The fourth-order valence-corrected chi connectivity index (χ4v) is 2.12. The summed E-state index contributed by atoms with van der Waals surface area (Å²) in [6.45, 7) is 1.92. The van der Waals surface area contributed by atoms with Crippen molar-refractivity contribution in [3.63, 3.8) is 0 Å². The normalized spacial score (nSPS) is 10.3. The monoisotopic (exact) mass is 301 g/mol. The molecule has 0 bridgehead atoms. The SMILES string of the molecule is CCOC(=O)c1cc(C(=O)c2ccccc2C(=O)O)cn1C. The van der Waals surface area contributed by atoms with Crippen LogP contribution in [0.4, 0.5) is 0 Å². The highest BCUT2D eigenvalue weighted by molar-refractivity contribution is 6.14. The van der Waals surface area contributed by atoms with Gasteiger partial charge in [0.15, 0.2) is 5.78 Å². The van der Waals surface area contributed by atoms with E-state index in [1.807, 2.05) is 0 Å². The Hall–Kier alpha value is -2.89. The van der Waals surface area contributed by atoms with Crippen molar-refractivity contribution in [2.24, 2.45) is 7.05 Å². The summed E-state index contributed by atoms with van der Waals surface area (Å²) in [5, 5.41) is 9.15. The highest BCUT2D eigenvalue weighted by Gasteiger charge is 2.21. The van der Waals surface area contributed by atoms with Gasteiger partial charge in [0, 0.05) is 24.4 Å². The van der Waals surface area contributed by atoms with Gasteiger partial charge in [-0.25, -0.2) is 9.59 Å². The first kappa shape index (κ1) is 15.5. The summed E-state index contributed by atoms with van der Waals surface area (Å²) in [4.78, 5) is 35.4. The molecule has 0 saturated carbocycles. The molecule has 22 heavy (non-hydrogen) atoms. The lowest BCUT2D eigenvalue weighted by molar-refractivity contribution is 0.0514. The molecule has 0 atom stereocenters. The molecule has 0 aliphatic heterocycles. The van der Waals surface area contributed by atoms with Crippen molar-refractivity contribution in [2.75, 3.05) is 6.61 Å². The second-order valence-corrected chi connectivity index (χ2v) is 4.63. The lowest BCUT2D eigenvalue weighted by atomic mass is 10.00. The lowest BCUT2D eigenvalue weighted by Gasteiger charge is -2.03. The average molecular weight is 301 g/mol. The van der Waals surface area contributed by atoms with E-state index in [-0.39, 0.29) is 29.0 Å². The van der Waals surface area contributed by atoms with Gasteiger partial charge in [0.2, 0.25) is 0 Å². The summed E-state index contributed by atoms with van der Waals surface area (Å²) in [6, 6.07) is 7.36. The van der Waals surface area contributed by atoms with Crippen LogP contribution in [0.25, 0.3) is 0 Å². The van der Waals surface area contributed by atoms with Crippen molar-refractivity contribution in [3.05, 3.63) is 58.9 Å². The molecule has 0 amide bonds. The smallest absolute Gasteiger partial charge is 0.354 e. The highest BCUT2D eigenvalue weighted by atomic mass is 16.5. The first-order valence-electron chi connectivity index (χ1n) is 6.66. The number of aryl methyl sites for hydroxylation is 1. The number of carboxylic acids is 1. The van der Waals surface area contributed by atoms with Crippen LogP contribution in [0.2, 0.25) is 0 Å². The Morgan fingerprint density at radius 2 is 1.82 bits per heavy atom. The second kappa shape index (κ2) is 6.26. The van der Waals surface area contributed by atoms with Gasteiger partial charge in [-0.3, -0.25) is 4.79 Å². The molecule has 1 aromatic heterocycles. The van der Waals surface area contributed by atoms with Gasteiger partial charge in [0.1, 0.15) is 5.69 Å². The Bertz CT molecular complexity index is 745. The summed E-state index contributed by atoms with van der Waals surface area (Å²) in [5.74, 6) is -2.16. The van der Waals surface area contributed by atoms with Crippen molar-refractivity contribution in [1.29, 1.82) is 0 Å². The lowest BCUT2D eigenvalue weighted by Crippen LogP contribution is -2.09. The van der Waals surface area contributed by atoms with Crippen molar-refractivity contribution in [2.45, 2.75) is 6.92 Å². The fourth-order valence-electron chi connectivity index (χ4n) is 2.12. The second-order valence-electron chi connectivity index (χ2n) is 4.63. The van der Waals surface area contributed by atoms with Crippen LogP contribution in [-0.4, -0.2) is 34.0 Å². The molecule has 1 heterocycles. The maximum Gasteiger partial charge on any atom is 0.354 e. The molecule has 0 spiro atoms. The molecule has 0 fully saturated rings. The molecule has 1 N–H and O–H groups in total. The van der Waals surface area contributed by atoms with Crippen LogP contribution in [0.15, 0.2) is 36.5 Å². The number of hydrogen-bond donors (Lipinski definition) is 1. The zero-order chi connectivity index (χ0) is 16.3. The number of carbonyl (C=O) groups is 3. The van der Waals surface area contributed by atoms with Gasteiger partial charge in [-0.15, -0.1) is 0 Å². The Morgan fingerprint density at radius 1 is 1.18 bits per heavy atom. The maximum atomic E-state index is 12.5. The van der Waals surface area contributed by atoms with Gasteiger partial charge in [0.05, 0.1) is 12.2 Å². The number of aromatic nitrogens is 1. The van der Waals surface area contributed by atoms with E-state index in [0.29, 0.717) is 0 Å². The summed E-state index contributed by atoms with van der Waals surface area (Å²) < 4.78 is 6.39. The molecule has 6 nitrogen and oxygen atoms in total. The Kier molecular flexibility index (Phi) is 4.41. The summed E-state index contributed by atoms with van der Waals surface area (Å²) in [6.07, 6.45) is 1.48. The number of hydrogen-bond acceptors (Lipinski definition) is 4. The Labute approximate surface area is 126 Å². The molecule has 0 radical (unpaired) electrons. The molecule has 0 unspecified atom stereocenters. The quantitative estimate of drug-likeness (QED) is 0.675. The zero-order valence-corrected chi connectivity index (χ0v) is 12.2. The standard InChI is InChI=1S/C16H15NO5/c1-3-22-16(21)13-8-10(9-17(13)2)14(18)11-6-4-5-7-12(11)15(19)20/h4-9H,3H2,1-2H3,(H,19,20). The molecule has 0 aliphatic rings. The molecule has 6 heteroatoms. The van der Waals surface area contributed by atoms with E-state index in [2.05, 4.69) is 0 Å². The van der Waals surface area contributed by atoms with Crippen molar-refractivity contribution >= 4 is 17.7 Å². The van der Waals surface area contributed by atoms with Crippen LogP contribution in [-0.2, 0) is 11.8 Å².